The summed E-state index contributed by atoms with van der Waals surface area (Å²) in [5.74, 6) is -1.08. The maximum atomic E-state index is 12.1. The van der Waals surface area contributed by atoms with Gasteiger partial charge in [-0.25, -0.2) is 17.5 Å². The van der Waals surface area contributed by atoms with E-state index in [9.17, 15) is 18.0 Å². The van der Waals surface area contributed by atoms with E-state index < -0.39 is 22.0 Å². The average molecular weight is 404 g/mol. The van der Waals surface area contributed by atoms with Crippen molar-refractivity contribution in [2.75, 3.05) is 19.3 Å². The predicted molar refractivity (Wildman–Crippen MR) is 104 cm³/mol. The van der Waals surface area contributed by atoms with Crippen LogP contribution in [0.15, 0.2) is 12.2 Å². The standard InChI is InChI=1S/C19H33NO6S/c1-5-7-9-16(8-6-2)25-18(21)14-15(3)19(22)26-17-10-12-20(13-11-17)27(4,23)24/h16-17H,3,5-14H2,1-2,4H3. The van der Waals surface area contributed by atoms with Crippen molar-refractivity contribution in [1.82, 2.24) is 4.31 Å². The number of esters is 2. The lowest BCUT2D eigenvalue weighted by molar-refractivity contribution is -0.152. The van der Waals surface area contributed by atoms with E-state index in [2.05, 4.69) is 13.5 Å². The van der Waals surface area contributed by atoms with Crippen LogP contribution in [0.1, 0.15) is 65.2 Å². The number of sulfonamides is 1. The molecule has 1 aliphatic heterocycles. The van der Waals surface area contributed by atoms with Crippen molar-refractivity contribution in [3.8, 4) is 0 Å². The minimum Gasteiger partial charge on any atom is -0.462 e. The van der Waals surface area contributed by atoms with Crippen LogP contribution >= 0.6 is 0 Å². The van der Waals surface area contributed by atoms with Gasteiger partial charge in [-0.15, -0.1) is 0 Å². The van der Waals surface area contributed by atoms with E-state index in [1.54, 1.807) is 0 Å². The lowest BCUT2D eigenvalue weighted by atomic mass is 10.1. The first-order valence-electron chi connectivity index (χ1n) is 9.70. The maximum absolute atomic E-state index is 12.1. The fraction of sp³-hybridized carbons (Fsp3) is 0.789. The highest BCUT2D eigenvalue weighted by atomic mass is 32.2. The van der Waals surface area contributed by atoms with Gasteiger partial charge in [-0.2, -0.15) is 0 Å². The van der Waals surface area contributed by atoms with Crippen LogP contribution in [0.25, 0.3) is 0 Å². The molecule has 1 rings (SSSR count). The molecule has 0 aliphatic carbocycles. The molecule has 0 saturated carbocycles. The van der Waals surface area contributed by atoms with Gasteiger partial charge in [0.2, 0.25) is 10.0 Å². The number of hydrogen-bond acceptors (Lipinski definition) is 6. The molecule has 1 atom stereocenters. The highest BCUT2D eigenvalue weighted by Gasteiger charge is 2.28. The van der Waals surface area contributed by atoms with Crippen LogP contribution < -0.4 is 0 Å². The van der Waals surface area contributed by atoms with Crippen LogP contribution in [0.5, 0.6) is 0 Å². The molecule has 7 nitrogen and oxygen atoms in total. The molecule has 0 radical (unpaired) electrons. The van der Waals surface area contributed by atoms with Crippen molar-refractivity contribution in [2.24, 2.45) is 0 Å². The van der Waals surface area contributed by atoms with Gasteiger partial charge in [-0.05, 0) is 25.7 Å². The Labute approximate surface area is 163 Å². The average Bonchev–Trinajstić information content (AvgIpc) is 2.59. The number of unbranched alkanes of at least 4 members (excludes halogenated alkanes) is 1. The second-order valence-corrected chi connectivity index (χ2v) is 9.07. The van der Waals surface area contributed by atoms with E-state index in [1.807, 2.05) is 6.92 Å². The molecule has 0 amide bonds. The van der Waals surface area contributed by atoms with Gasteiger partial charge < -0.3 is 9.47 Å². The van der Waals surface area contributed by atoms with E-state index in [4.69, 9.17) is 9.47 Å². The molecule has 1 unspecified atom stereocenters. The monoisotopic (exact) mass is 403 g/mol. The Morgan fingerprint density at radius 1 is 1.15 bits per heavy atom. The number of hydrogen-bond donors (Lipinski definition) is 0. The molecule has 0 aromatic carbocycles. The minimum absolute atomic E-state index is 0.0660. The summed E-state index contributed by atoms with van der Waals surface area (Å²) in [5, 5.41) is 0. The summed E-state index contributed by atoms with van der Waals surface area (Å²) in [6.45, 7) is 8.42. The van der Waals surface area contributed by atoms with Gasteiger partial charge in [-0.3, -0.25) is 4.79 Å². The first-order chi connectivity index (χ1) is 12.7. The Morgan fingerprint density at radius 2 is 1.78 bits per heavy atom. The minimum atomic E-state index is -3.22. The SMILES string of the molecule is C=C(CC(=O)OC(CCC)CCCC)C(=O)OC1CCN(S(C)(=O)=O)CC1. The molecule has 8 heteroatoms. The van der Waals surface area contributed by atoms with Crippen LogP contribution in [0.3, 0.4) is 0 Å². The van der Waals surface area contributed by atoms with Gasteiger partial charge in [0.15, 0.2) is 0 Å². The van der Waals surface area contributed by atoms with Crippen molar-refractivity contribution >= 4 is 22.0 Å². The van der Waals surface area contributed by atoms with Crippen molar-refractivity contribution in [1.29, 1.82) is 0 Å². The molecule has 0 aromatic rings. The topological polar surface area (TPSA) is 90.0 Å². The summed E-state index contributed by atoms with van der Waals surface area (Å²) in [7, 11) is -3.22. The third-order valence-electron chi connectivity index (χ3n) is 4.58. The van der Waals surface area contributed by atoms with Gasteiger partial charge in [-0.1, -0.05) is 39.7 Å². The largest absolute Gasteiger partial charge is 0.462 e. The van der Waals surface area contributed by atoms with E-state index in [0.717, 1.165) is 32.1 Å². The molecule has 0 N–H and O–H groups in total. The quantitative estimate of drug-likeness (QED) is 0.389. The lowest BCUT2D eigenvalue weighted by Crippen LogP contribution is -2.41. The van der Waals surface area contributed by atoms with Crippen LogP contribution in [-0.2, 0) is 29.1 Å². The highest BCUT2D eigenvalue weighted by molar-refractivity contribution is 7.88. The van der Waals surface area contributed by atoms with Crippen molar-refractivity contribution in [2.45, 2.75) is 77.4 Å². The lowest BCUT2D eigenvalue weighted by Gasteiger charge is -2.30. The van der Waals surface area contributed by atoms with Crippen molar-refractivity contribution < 1.29 is 27.5 Å². The van der Waals surface area contributed by atoms with Gasteiger partial charge in [0, 0.05) is 18.7 Å². The fourth-order valence-corrected chi connectivity index (χ4v) is 3.88. The maximum Gasteiger partial charge on any atom is 0.334 e. The highest BCUT2D eigenvalue weighted by Crippen LogP contribution is 2.18. The Hall–Kier alpha value is -1.41. The van der Waals surface area contributed by atoms with Gasteiger partial charge >= 0.3 is 11.9 Å². The smallest absolute Gasteiger partial charge is 0.334 e. The normalized spacial score (nSPS) is 17.3. The zero-order chi connectivity index (χ0) is 20.4. The number of piperidine rings is 1. The Balaban J connectivity index is 2.41. The van der Waals surface area contributed by atoms with Crippen LogP contribution in [0.2, 0.25) is 0 Å². The molecule has 1 aliphatic rings. The molecule has 0 aromatic heterocycles. The molecule has 0 spiro atoms. The van der Waals surface area contributed by atoms with Gasteiger partial charge in [0.1, 0.15) is 12.2 Å². The van der Waals surface area contributed by atoms with Gasteiger partial charge in [0.05, 0.1) is 12.7 Å². The summed E-state index contributed by atoms with van der Waals surface area (Å²) < 4.78 is 35.2. The first kappa shape index (κ1) is 23.6. The van der Waals surface area contributed by atoms with Crippen LogP contribution in [-0.4, -0.2) is 56.2 Å². The second-order valence-electron chi connectivity index (χ2n) is 7.09. The number of rotatable bonds is 11. The number of nitrogens with zero attached hydrogens (tertiary/aromatic N) is 1. The summed E-state index contributed by atoms with van der Waals surface area (Å²) in [6, 6.07) is 0. The summed E-state index contributed by atoms with van der Waals surface area (Å²) in [5.41, 5.74) is 0.0660. The molecule has 27 heavy (non-hydrogen) atoms. The molecular formula is C19H33NO6S. The molecule has 1 fully saturated rings. The molecule has 1 heterocycles. The van der Waals surface area contributed by atoms with Crippen LogP contribution in [0.4, 0.5) is 0 Å². The summed E-state index contributed by atoms with van der Waals surface area (Å²) >= 11 is 0. The third kappa shape index (κ3) is 8.88. The number of ether oxygens (including phenoxy) is 2. The van der Waals surface area contributed by atoms with Gasteiger partial charge in [0.25, 0.3) is 0 Å². The number of carbonyl (C=O) groups is 2. The molecule has 1 saturated heterocycles. The number of carbonyl (C=O) groups excluding carboxylic acids is 2. The Bertz CT molecular complexity index is 608. The summed E-state index contributed by atoms with van der Waals surface area (Å²) in [6.07, 6.45) is 5.96. The van der Waals surface area contributed by atoms with Crippen molar-refractivity contribution in [3.05, 3.63) is 12.2 Å². The predicted octanol–water partition coefficient (Wildman–Crippen LogP) is 2.80. The van der Waals surface area contributed by atoms with E-state index >= 15 is 0 Å². The third-order valence-corrected chi connectivity index (χ3v) is 5.88. The zero-order valence-electron chi connectivity index (χ0n) is 16.7. The van der Waals surface area contributed by atoms with Crippen molar-refractivity contribution in [3.63, 3.8) is 0 Å². The Kier molecular flexibility index (Phi) is 10.0. The molecule has 0 bridgehead atoms. The molecular weight excluding hydrogens is 370 g/mol. The van der Waals surface area contributed by atoms with Crippen LogP contribution in [0, 0.1) is 0 Å². The van der Waals surface area contributed by atoms with E-state index in [-0.39, 0.29) is 24.2 Å². The fourth-order valence-electron chi connectivity index (χ4n) is 3.01. The second kappa shape index (κ2) is 11.4. The summed E-state index contributed by atoms with van der Waals surface area (Å²) in [4.78, 5) is 24.2. The first-order valence-corrected chi connectivity index (χ1v) is 11.6. The molecule has 156 valence electrons. The zero-order valence-corrected chi connectivity index (χ0v) is 17.6. The van der Waals surface area contributed by atoms with E-state index in [0.29, 0.717) is 25.9 Å². The van der Waals surface area contributed by atoms with E-state index in [1.165, 1.54) is 10.6 Å². The Morgan fingerprint density at radius 3 is 2.30 bits per heavy atom.